The zero-order valence-corrected chi connectivity index (χ0v) is 10.5. The molecule has 0 bridgehead atoms. The van der Waals surface area contributed by atoms with Crippen molar-refractivity contribution in [2.24, 2.45) is 0 Å². The first-order valence-electron chi connectivity index (χ1n) is 5.97. The number of rotatable bonds is 4. The van der Waals surface area contributed by atoms with E-state index in [0.29, 0.717) is 5.56 Å². The van der Waals surface area contributed by atoms with E-state index in [-0.39, 0.29) is 23.4 Å². The second-order valence-corrected chi connectivity index (χ2v) is 4.16. The van der Waals surface area contributed by atoms with E-state index >= 15 is 0 Å². The fourth-order valence-electron chi connectivity index (χ4n) is 1.80. The molecule has 1 amide bonds. The van der Waals surface area contributed by atoms with E-state index < -0.39 is 11.9 Å². The lowest BCUT2D eigenvalue weighted by Gasteiger charge is -2.08. The number of benzene rings is 2. The third-order valence-electron chi connectivity index (χ3n) is 2.83. The summed E-state index contributed by atoms with van der Waals surface area (Å²) in [4.78, 5) is 23.0. The maximum Gasteiger partial charge on any atom is 0.336 e. The summed E-state index contributed by atoms with van der Waals surface area (Å²) in [5.41, 5.74) is 0.603. The summed E-state index contributed by atoms with van der Waals surface area (Å²) < 4.78 is 0. The van der Waals surface area contributed by atoms with Crippen molar-refractivity contribution in [2.45, 2.75) is 6.54 Å². The maximum absolute atomic E-state index is 12.0. The molecule has 5 heteroatoms. The number of carboxylic acid groups (broad SMARTS) is 1. The molecule has 0 aliphatic heterocycles. The number of carbonyl (C=O) groups is 2. The van der Waals surface area contributed by atoms with Crippen LogP contribution in [-0.2, 0) is 6.54 Å². The molecule has 0 atom stereocenters. The zero-order valence-electron chi connectivity index (χ0n) is 10.5. The highest BCUT2D eigenvalue weighted by atomic mass is 16.4. The Morgan fingerprint density at radius 1 is 0.950 bits per heavy atom. The van der Waals surface area contributed by atoms with Gasteiger partial charge in [-0.05, 0) is 18.2 Å². The average Bonchev–Trinajstić information content (AvgIpc) is 2.46. The number of hydrogen-bond donors (Lipinski definition) is 3. The minimum absolute atomic E-state index is 0.0534. The Morgan fingerprint density at radius 2 is 1.55 bits per heavy atom. The van der Waals surface area contributed by atoms with Crippen LogP contribution in [0.15, 0.2) is 48.5 Å². The number of hydrogen-bond acceptors (Lipinski definition) is 3. The molecule has 0 aliphatic rings. The Kier molecular flexibility index (Phi) is 4.00. The van der Waals surface area contributed by atoms with Crippen LogP contribution in [0.25, 0.3) is 0 Å². The molecule has 0 aromatic heterocycles. The van der Waals surface area contributed by atoms with Crippen molar-refractivity contribution in [1.29, 1.82) is 0 Å². The highest BCUT2D eigenvalue weighted by Crippen LogP contribution is 2.15. The Balaban J connectivity index is 2.14. The summed E-state index contributed by atoms with van der Waals surface area (Å²) in [5.74, 6) is -1.57. The zero-order chi connectivity index (χ0) is 14.5. The molecule has 0 unspecified atom stereocenters. The van der Waals surface area contributed by atoms with Crippen molar-refractivity contribution in [3.63, 3.8) is 0 Å². The Hall–Kier alpha value is -2.82. The van der Waals surface area contributed by atoms with Crippen molar-refractivity contribution in [2.75, 3.05) is 0 Å². The number of amides is 1. The predicted octanol–water partition coefficient (Wildman–Crippen LogP) is 2.02. The summed E-state index contributed by atoms with van der Waals surface area (Å²) in [6, 6.07) is 12.6. The van der Waals surface area contributed by atoms with E-state index in [1.807, 2.05) is 0 Å². The van der Waals surface area contributed by atoms with E-state index in [0.717, 1.165) is 0 Å². The van der Waals surface area contributed by atoms with Gasteiger partial charge in [0.25, 0.3) is 5.91 Å². The van der Waals surface area contributed by atoms with Gasteiger partial charge in [-0.2, -0.15) is 0 Å². The number of carbonyl (C=O) groups excluding carboxylic acids is 1. The first kappa shape index (κ1) is 13.6. The van der Waals surface area contributed by atoms with E-state index in [9.17, 15) is 14.7 Å². The van der Waals surface area contributed by atoms with Gasteiger partial charge in [0.1, 0.15) is 5.75 Å². The summed E-state index contributed by atoms with van der Waals surface area (Å²) in [6.07, 6.45) is 0. The van der Waals surface area contributed by atoms with Crippen LogP contribution >= 0.6 is 0 Å². The van der Waals surface area contributed by atoms with E-state index in [2.05, 4.69) is 5.32 Å². The molecule has 20 heavy (non-hydrogen) atoms. The second-order valence-electron chi connectivity index (χ2n) is 4.16. The van der Waals surface area contributed by atoms with Crippen molar-refractivity contribution in [3.05, 3.63) is 65.2 Å². The van der Waals surface area contributed by atoms with Gasteiger partial charge in [-0.3, -0.25) is 4.79 Å². The van der Waals surface area contributed by atoms with Crippen LogP contribution in [0, 0.1) is 0 Å². The molecule has 0 saturated carbocycles. The first-order valence-corrected chi connectivity index (χ1v) is 5.97. The third-order valence-corrected chi connectivity index (χ3v) is 2.83. The molecule has 0 heterocycles. The van der Waals surface area contributed by atoms with Gasteiger partial charge in [0.2, 0.25) is 0 Å². The Labute approximate surface area is 115 Å². The standard InChI is InChI=1S/C15H13NO4/c17-13-8-4-1-5-10(13)9-16-14(18)11-6-2-3-7-12(11)15(19)20/h1-8,17H,9H2,(H,16,18)(H,19,20). The number of carboxylic acids is 1. The van der Waals surface area contributed by atoms with Crippen LogP contribution in [-0.4, -0.2) is 22.1 Å². The molecular formula is C15H13NO4. The van der Waals surface area contributed by atoms with E-state index in [1.165, 1.54) is 18.2 Å². The number of para-hydroxylation sites is 1. The topological polar surface area (TPSA) is 86.6 Å². The summed E-state index contributed by atoms with van der Waals surface area (Å²) in [6.45, 7) is 0.124. The van der Waals surface area contributed by atoms with Gasteiger partial charge in [0, 0.05) is 12.1 Å². The van der Waals surface area contributed by atoms with Gasteiger partial charge >= 0.3 is 5.97 Å². The maximum atomic E-state index is 12.0. The molecule has 2 aromatic carbocycles. The quantitative estimate of drug-likeness (QED) is 0.794. The minimum atomic E-state index is -1.15. The van der Waals surface area contributed by atoms with Crippen LogP contribution in [0.1, 0.15) is 26.3 Å². The molecule has 102 valence electrons. The molecule has 0 aliphatic carbocycles. The van der Waals surface area contributed by atoms with Crippen molar-refractivity contribution >= 4 is 11.9 Å². The molecule has 5 nitrogen and oxygen atoms in total. The smallest absolute Gasteiger partial charge is 0.336 e. The molecule has 0 radical (unpaired) electrons. The first-order chi connectivity index (χ1) is 9.59. The van der Waals surface area contributed by atoms with Crippen LogP contribution < -0.4 is 5.32 Å². The lowest BCUT2D eigenvalue weighted by Crippen LogP contribution is -2.24. The fraction of sp³-hybridized carbons (Fsp3) is 0.0667. The summed E-state index contributed by atoms with van der Waals surface area (Å²) in [5, 5.41) is 21.2. The highest BCUT2D eigenvalue weighted by molar-refractivity contribution is 6.04. The molecule has 2 rings (SSSR count). The van der Waals surface area contributed by atoms with Crippen LogP contribution in [0.3, 0.4) is 0 Å². The summed E-state index contributed by atoms with van der Waals surface area (Å²) >= 11 is 0. The number of phenolic OH excluding ortho intramolecular Hbond substituents is 1. The second kappa shape index (κ2) is 5.88. The highest BCUT2D eigenvalue weighted by Gasteiger charge is 2.15. The van der Waals surface area contributed by atoms with Crippen molar-refractivity contribution < 1.29 is 19.8 Å². The number of nitrogens with one attached hydrogen (secondary N) is 1. The van der Waals surface area contributed by atoms with Gasteiger partial charge < -0.3 is 15.5 Å². The molecule has 0 saturated heterocycles. The summed E-state index contributed by atoms with van der Waals surface area (Å²) in [7, 11) is 0. The van der Waals surface area contributed by atoms with E-state index in [1.54, 1.807) is 30.3 Å². The van der Waals surface area contributed by atoms with Gasteiger partial charge in [0.15, 0.2) is 0 Å². The average molecular weight is 271 g/mol. The molecule has 0 fully saturated rings. The van der Waals surface area contributed by atoms with Crippen LogP contribution in [0.5, 0.6) is 5.75 Å². The van der Waals surface area contributed by atoms with Crippen LogP contribution in [0.2, 0.25) is 0 Å². The largest absolute Gasteiger partial charge is 0.508 e. The van der Waals surface area contributed by atoms with Gasteiger partial charge in [0.05, 0.1) is 11.1 Å². The van der Waals surface area contributed by atoms with Crippen LogP contribution in [0.4, 0.5) is 0 Å². The van der Waals surface area contributed by atoms with Gasteiger partial charge in [-0.15, -0.1) is 0 Å². The van der Waals surface area contributed by atoms with Gasteiger partial charge in [-0.1, -0.05) is 30.3 Å². The molecule has 0 spiro atoms. The molecule has 2 aromatic rings. The van der Waals surface area contributed by atoms with Gasteiger partial charge in [-0.25, -0.2) is 4.79 Å². The lowest BCUT2D eigenvalue weighted by molar-refractivity contribution is 0.0691. The number of aromatic hydroxyl groups is 1. The van der Waals surface area contributed by atoms with Crippen molar-refractivity contribution in [3.8, 4) is 5.75 Å². The van der Waals surface area contributed by atoms with E-state index in [4.69, 9.17) is 5.11 Å². The lowest BCUT2D eigenvalue weighted by atomic mass is 10.1. The third kappa shape index (κ3) is 2.95. The Bertz CT molecular complexity index is 652. The number of phenols is 1. The number of aromatic carboxylic acids is 1. The normalized spacial score (nSPS) is 10.0. The predicted molar refractivity (Wildman–Crippen MR) is 72.7 cm³/mol. The SMILES string of the molecule is O=C(O)c1ccccc1C(=O)NCc1ccccc1O. The monoisotopic (exact) mass is 271 g/mol. The minimum Gasteiger partial charge on any atom is -0.508 e. The molecular weight excluding hydrogens is 258 g/mol. The van der Waals surface area contributed by atoms with Crippen molar-refractivity contribution in [1.82, 2.24) is 5.32 Å². The Morgan fingerprint density at radius 3 is 2.20 bits per heavy atom. The fourth-order valence-corrected chi connectivity index (χ4v) is 1.80. The molecule has 3 N–H and O–H groups in total.